The molecular weight excluding hydrogens is 337 g/mol. The molecule has 26 heavy (non-hydrogen) atoms. The zero-order valence-corrected chi connectivity index (χ0v) is 15.0. The van der Waals surface area contributed by atoms with Crippen molar-refractivity contribution in [2.75, 3.05) is 5.32 Å². The Balaban J connectivity index is 1.84. The summed E-state index contributed by atoms with van der Waals surface area (Å²) >= 11 is 0. The van der Waals surface area contributed by atoms with Crippen LogP contribution >= 0.6 is 8.58 Å². The highest BCUT2D eigenvalue weighted by molar-refractivity contribution is 7.56. The molecule has 1 aliphatic rings. The van der Waals surface area contributed by atoms with Crippen molar-refractivity contribution in [3.63, 3.8) is 0 Å². The molecule has 0 aliphatic carbocycles. The molecule has 4 heteroatoms. The van der Waals surface area contributed by atoms with Crippen LogP contribution in [0.4, 0.5) is 11.4 Å². The van der Waals surface area contributed by atoms with Gasteiger partial charge in [-0.2, -0.15) is 0 Å². The predicted octanol–water partition coefficient (Wildman–Crippen LogP) is 4.50. The predicted molar refractivity (Wildman–Crippen MR) is 110 cm³/mol. The van der Waals surface area contributed by atoms with E-state index < -0.39 is 0 Å². The van der Waals surface area contributed by atoms with Crippen molar-refractivity contribution >= 4 is 30.6 Å². The van der Waals surface area contributed by atoms with Gasteiger partial charge in [-0.3, -0.25) is 9.97 Å². The van der Waals surface area contributed by atoms with Gasteiger partial charge in [0.15, 0.2) is 0 Å². The molecule has 0 radical (unpaired) electrons. The third kappa shape index (κ3) is 2.58. The SMILES string of the molecule is c1ccc2c(c1)Pc1ccccc1-c1cnccc1Nc1ccncc1-2. The van der Waals surface area contributed by atoms with E-state index in [-0.39, 0.29) is 0 Å². The summed E-state index contributed by atoms with van der Waals surface area (Å²) in [7, 11) is 0.566. The first-order valence-electron chi connectivity index (χ1n) is 8.51. The molecule has 0 unspecified atom stereocenters. The maximum atomic E-state index is 4.37. The van der Waals surface area contributed by atoms with E-state index in [1.807, 2.05) is 36.9 Å². The molecule has 124 valence electrons. The maximum absolute atomic E-state index is 4.37. The van der Waals surface area contributed by atoms with Crippen LogP contribution in [0.25, 0.3) is 22.3 Å². The van der Waals surface area contributed by atoms with Crippen molar-refractivity contribution in [2.45, 2.75) is 0 Å². The van der Waals surface area contributed by atoms with E-state index in [0.29, 0.717) is 8.58 Å². The number of rotatable bonds is 0. The first-order valence-corrected chi connectivity index (χ1v) is 9.51. The van der Waals surface area contributed by atoms with E-state index in [2.05, 4.69) is 63.8 Å². The molecule has 2 aromatic carbocycles. The molecule has 4 aromatic rings. The van der Waals surface area contributed by atoms with Gasteiger partial charge in [0.1, 0.15) is 0 Å². The van der Waals surface area contributed by atoms with Crippen molar-refractivity contribution in [2.24, 2.45) is 0 Å². The number of benzene rings is 2. The number of nitrogens with zero attached hydrogens (tertiary/aromatic N) is 2. The van der Waals surface area contributed by atoms with Crippen LogP contribution in [0.1, 0.15) is 0 Å². The van der Waals surface area contributed by atoms with Gasteiger partial charge in [0.2, 0.25) is 0 Å². The zero-order chi connectivity index (χ0) is 17.3. The molecule has 0 bridgehead atoms. The highest BCUT2D eigenvalue weighted by Crippen LogP contribution is 2.37. The number of nitrogens with one attached hydrogen (secondary N) is 1. The summed E-state index contributed by atoms with van der Waals surface area (Å²) in [4.78, 5) is 8.75. The molecule has 0 spiro atoms. The highest BCUT2D eigenvalue weighted by Gasteiger charge is 2.17. The maximum Gasteiger partial charge on any atom is 0.0495 e. The van der Waals surface area contributed by atoms with Crippen molar-refractivity contribution in [3.05, 3.63) is 85.5 Å². The van der Waals surface area contributed by atoms with Crippen LogP contribution in [0.3, 0.4) is 0 Å². The number of aromatic nitrogens is 2. The standard InChI is InChI=1S/C22H16N3P/c1-3-7-21-15(5-1)17-13-23-11-9-19(17)25-20-10-12-24-14-18(20)16-6-2-4-8-22(16)26-21/h1-14,25-26H. The summed E-state index contributed by atoms with van der Waals surface area (Å²) in [5.41, 5.74) is 6.83. The fourth-order valence-electron chi connectivity index (χ4n) is 3.38. The van der Waals surface area contributed by atoms with E-state index in [4.69, 9.17) is 0 Å². The van der Waals surface area contributed by atoms with Crippen LogP contribution in [-0.2, 0) is 0 Å². The van der Waals surface area contributed by atoms with Crippen molar-refractivity contribution < 1.29 is 0 Å². The van der Waals surface area contributed by atoms with Gasteiger partial charge in [-0.25, -0.2) is 0 Å². The lowest BCUT2D eigenvalue weighted by molar-refractivity contribution is 1.31. The number of anilines is 2. The van der Waals surface area contributed by atoms with Crippen LogP contribution in [0, 0.1) is 0 Å². The Kier molecular flexibility index (Phi) is 3.73. The summed E-state index contributed by atoms with van der Waals surface area (Å²) in [6.45, 7) is 0. The molecule has 5 rings (SSSR count). The largest absolute Gasteiger partial charge is 0.354 e. The lowest BCUT2D eigenvalue weighted by atomic mass is 10.0. The number of fused-ring (bicyclic) bond motifs is 6. The zero-order valence-electron chi connectivity index (χ0n) is 14.0. The average molecular weight is 353 g/mol. The Morgan fingerprint density at radius 3 is 1.62 bits per heavy atom. The van der Waals surface area contributed by atoms with Gasteiger partial charge < -0.3 is 5.32 Å². The number of hydrogen-bond donors (Lipinski definition) is 1. The number of pyridine rings is 2. The van der Waals surface area contributed by atoms with E-state index in [1.54, 1.807) is 0 Å². The fraction of sp³-hybridized carbons (Fsp3) is 0. The molecule has 0 atom stereocenters. The minimum atomic E-state index is 0.566. The summed E-state index contributed by atoms with van der Waals surface area (Å²) in [5.74, 6) is 0. The monoisotopic (exact) mass is 353 g/mol. The third-order valence-corrected chi connectivity index (χ3v) is 6.03. The van der Waals surface area contributed by atoms with Gasteiger partial charge in [0.05, 0.1) is 0 Å². The Morgan fingerprint density at radius 1 is 0.577 bits per heavy atom. The summed E-state index contributed by atoms with van der Waals surface area (Å²) in [6, 6.07) is 21.3. The van der Waals surface area contributed by atoms with Gasteiger partial charge in [-0.1, -0.05) is 57.1 Å². The van der Waals surface area contributed by atoms with Gasteiger partial charge in [0, 0.05) is 47.3 Å². The van der Waals surface area contributed by atoms with E-state index in [1.165, 1.54) is 21.7 Å². The Hall–Kier alpha value is -3.03. The van der Waals surface area contributed by atoms with E-state index >= 15 is 0 Å². The van der Waals surface area contributed by atoms with E-state index in [0.717, 1.165) is 22.5 Å². The molecule has 1 aliphatic heterocycles. The van der Waals surface area contributed by atoms with Crippen LogP contribution in [0.15, 0.2) is 85.5 Å². The topological polar surface area (TPSA) is 37.8 Å². The Labute approximate surface area is 154 Å². The average Bonchev–Trinajstić information content (AvgIpc) is 2.70. The van der Waals surface area contributed by atoms with Crippen LogP contribution in [0.5, 0.6) is 0 Å². The summed E-state index contributed by atoms with van der Waals surface area (Å²) < 4.78 is 0. The molecule has 1 N–H and O–H groups in total. The number of hydrogen-bond acceptors (Lipinski definition) is 3. The Morgan fingerprint density at radius 2 is 1.08 bits per heavy atom. The smallest absolute Gasteiger partial charge is 0.0495 e. The van der Waals surface area contributed by atoms with Crippen molar-refractivity contribution in [1.29, 1.82) is 0 Å². The first-order chi connectivity index (χ1) is 12.9. The van der Waals surface area contributed by atoms with E-state index in [9.17, 15) is 0 Å². The second-order valence-electron chi connectivity index (χ2n) is 6.18. The molecule has 3 heterocycles. The molecule has 0 amide bonds. The lowest BCUT2D eigenvalue weighted by Gasteiger charge is -2.21. The van der Waals surface area contributed by atoms with Crippen molar-refractivity contribution in [3.8, 4) is 22.3 Å². The molecule has 0 fully saturated rings. The first kappa shape index (κ1) is 15.2. The van der Waals surface area contributed by atoms with Crippen molar-refractivity contribution in [1.82, 2.24) is 9.97 Å². The normalized spacial score (nSPS) is 12.0. The minimum absolute atomic E-state index is 0.566. The summed E-state index contributed by atoms with van der Waals surface area (Å²) in [5, 5.41) is 6.26. The quantitative estimate of drug-likeness (QED) is 0.417. The third-order valence-electron chi connectivity index (χ3n) is 4.62. The Bertz CT molecular complexity index is 932. The summed E-state index contributed by atoms with van der Waals surface area (Å²) in [6.07, 6.45) is 7.55. The van der Waals surface area contributed by atoms with Gasteiger partial charge in [-0.05, 0) is 33.9 Å². The molecule has 3 nitrogen and oxygen atoms in total. The molecule has 2 aromatic heterocycles. The lowest BCUT2D eigenvalue weighted by Crippen LogP contribution is -2.11. The molecular formula is C22H16N3P. The van der Waals surface area contributed by atoms with Crippen LogP contribution in [0.2, 0.25) is 0 Å². The van der Waals surface area contributed by atoms with Gasteiger partial charge in [0.25, 0.3) is 0 Å². The van der Waals surface area contributed by atoms with Crippen LogP contribution in [-0.4, -0.2) is 9.97 Å². The van der Waals surface area contributed by atoms with Crippen LogP contribution < -0.4 is 15.9 Å². The van der Waals surface area contributed by atoms with Gasteiger partial charge in [-0.15, -0.1) is 0 Å². The fourth-order valence-corrected chi connectivity index (χ4v) is 4.73. The second kappa shape index (κ2) is 6.36. The minimum Gasteiger partial charge on any atom is -0.354 e. The highest BCUT2D eigenvalue weighted by atomic mass is 31.1. The second-order valence-corrected chi connectivity index (χ2v) is 7.51. The van der Waals surface area contributed by atoms with Gasteiger partial charge >= 0.3 is 0 Å². The molecule has 0 saturated carbocycles. The molecule has 0 saturated heterocycles.